The van der Waals surface area contributed by atoms with Crippen LogP contribution in [0, 0.1) is 5.82 Å². The lowest BCUT2D eigenvalue weighted by Crippen LogP contribution is -2.00. The molecule has 66 valence electrons. The molecule has 0 amide bonds. The first-order valence-corrected chi connectivity index (χ1v) is 5.30. The number of benzene rings is 1. The summed E-state index contributed by atoms with van der Waals surface area (Å²) in [6.45, 7) is 0.458. The van der Waals surface area contributed by atoms with Crippen LogP contribution in [-0.2, 0) is 0 Å². The van der Waals surface area contributed by atoms with Crippen molar-refractivity contribution in [1.29, 1.82) is 0 Å². The SMILES string of the molecule is Fc1cccc(Br)c1OCCBr. The van der Waals surface area contributed by atoms with Gasteiger partial charge in [-0.25, -0.2) is 4.39 Å². The molecule has 0 saturated heterocycles. The quantitative estimate of drug-likeness (QED) is 0.778. The lowest BCUT2D eigenvalue weighted by molar-refractivity contribution is 0.323. The predicted molar refractivity (Wildman–Crippen MR) is 53.4 cm³/mol. The first-order chi connectivity index (χ1) is 5.75. The fourth-order valence-corrected chi connectivity index (χ4v) is 1.38. The Morgan fingerprint density at radius 2 is 2.17 bits per heavy atom. The van der Waals surface area contributed by atoms with E-state index in [4.69, 9.17) is 4.74 Å². The summed E-state index contributed by atoms with van der Waals surface area (Å²) in [7, 11) is 0. The molecule has 0 spiro atoms. The first-order valence-electron chi connectivity index (χ1n) is 3.38. The zero-order valence-corrected chi connectivity index (χ0v) is 9.36. The van der Waals surface area contributed by atoms with Gasteiger partial charge in [0.1, 0.15) is 0 Å². The van der Waals surface area contributed by atoms with Crippen molar-refractivity contribution in [1.82, 2.24) is 0 Å². The average Bonchev–Trinajstić information content (AvgIpc) is 2.04. The molecule has 1 aromatic carbocycles. The van der Waals surface area contributed by atoms with Crippen molar-refractivity contribution in [2.75, 3.05) is 11.9 Å². The van der Waals surface area contributed by atoms with E-state index in [2.05, 4.69) is 31.9 Å². The second-order valence-electron chi connectivity index (χ2n) is 2.09. The van der Waals surface area contributed by atoms with Crippen molar-refractivity contribution in [2.45, 2.75) is 0 Å². The molecule has 0 saturated carbocycles. The summed E-state index contributed by atoms with van der Waals surface area (Å²) >= 11 is 6.39. The van der Waals surface area contributed by atoms with Gasteiger partial charge in [0.05, 0.1) is 11.1 Å². The van der Waals surface area contributed by atoms with Crippen LogP contribution in [0.15, 0.2) is 22.7 Å². The summed E-state index contributed by atoms with van der Waals surface area (Å²) in [5, 5.41) is 0.688. The minimum absolute atomic E-state index is 0.275. The Kier molecular flexibility index (Phi) is 4.01. The summed E-state index contributed by atoms with van der Waals surface area (Å²) < 4.78 is 18.8. The van der Waals surface area contributed by atoms with Gasteiger partial charge in [0.25, 0.3) is 0 Å². The normalized spacial score (nSPS) is 9.92. The highest BCUT2D eigenvalue weighted by atomic mass is 79.9. The maximum absolute atomic E-state index is 13.0. The Morgan fingerprint density at radius 1 is 1.42 bits per heavy atom. The molecule has 0 heterocycles. The third-order valence-corrected chi connectivity index (χ3v) is 2.19. The zero-order chi connectivity index (χ0) is 8.97. The van der Waals surface area contributed by atoms with Crippen molar-refractivity contribution < 1.29 is 9.13 Å². The Morgan fingerprint density at radius 3 is 2.75 bits per heavy atom. The average molecular weight is 298 g/mol. The molecule has 0 bridgehead atoms. The molecule has 0 aliphatic rings. The molecular weight excluding hydrogens is 291 g/mol. The highest BCUT2D eigenvalue weighted by Crippen LogP contribution is 2.27. The standard InChI is InChI=1S/C8H7Br2FO/c9-4-5-12-8-6(10)2-1-3-7(8)11/h1-3H,4-5H2. The van der Waals surface area contributed by atoms with Gasteiger partial charge < -0.3 is 4.74 Å². The molecular formula is C8H7Br2FO. The van der Waals surface area contributed by atoms with E-state index in [0.717, 1.165) is 0 Å². The lowest BCUT2D eigenvalue weighted by Gasteiger charge is -2.06. The van der Waals surface area contributed by atoms with Crippen LogP contribution in [0.1, 0.15) is 0 Å². The molecule has 1 rings (SSSR count). The van der Waals surface area contributed by atoms with Crippen LogP contribution in [0.3, 0.4) is 0 Å². The van der Waals surface area contributed by atoms with Gasteiger partial charge in [-0.3, -0.25) is 0 Å². The minimum Gasteiger partial charge on any atom is -0.488 e. The van der Waals surface area contributed by atoms with E-state index in [9.17, 15) is 4.39 Å². The molecule has 0 aliphatic carbocycles. The van der Waals surface area contributed by atoms with Gasteiger partial charge in [-0.15, -0.1) is 0 Å². The number of alkyl halides is 1. The first kappa shape index (κ1) is 9.99. The number of hydrogen-bond acceptors (Lipinski definition) is 1. The summed E-state index contributed by atoms with van der Waals surface area (Å²) in [6, 6.07) is 4.74. The van der Waals surface area contributed by atoms with Crippen LogP contribution >= 0.6 is 31.9 Å². The predicted octanol–water partition coefficient (Wildman–Crippen LogP) is 3.36. The van der Waals surface area contributed by atoms with Gasteiger partial charge in [0.15, 0.2) is 11.6 Å². The summed E-state index contributed by atoms with van der Waals surface area (Å²) in [4.78, 5) is 0. The summed E-state index contributed by atoms with van der Waals surface area (Å²) in [6.07, 6.45) is 0. The van der Waals surface area contributed by atoms with E-state index in [0.29, 0.717) is 16.4 Å². The van der Waals surface area contributed by atoms with Crippen LogP contribution in [0.4, 0.5) is 4.39 Å². The summed E-state index contributed by atoms with van der Waals surface area (Å²) in [5.41, 5.74) is 0. The van der Waals surface area contributed by atoms with E-state index in [1.807, 2.05) is 0 Å². The Hall–Kier alpha value is -0.0900. The van der Waals surface area contributed by atoms with Gasteiger partial charge in [0.2, 0.25) is 0 Å². The maximum Gasteiger partial charge on any atom is 0.169 e. The van der Waals surface area contributed by atoms with Crippen LogP contribution in [0.2, 0.25) is 0 Å². The fourth-order valence-electron chi connectivity index (χ4n) is 0.761. The molecule has 4 heteroatoms. The largest absolute Gasteiger partial charge is 0.488 e. The van der Waals surface area contributed by atoms with Crippen LogP contribution in [0.25, 0.3) is 0 Å². The van der Waals surface area contributed by atoms with Crippen molar-refractivity contribution in [3.8, 4) is 5.75 Å². The van der Waals surface area contributed by atoms with Crippen LogP contribution < -0.4 is 4.74 Å². The fraction of sp³-hybridized carbons (Fsp3) is 0.250. The highest BCUT2D eigenvalue weighted by Gasteiger charge is 2.06. The smallest absolute Gasteiger partial charge is 0.169 e. The molecule has 0 aliphatic heterocycles. The van der Waals surface area contributed by atoms with Gasteiger partial charge in [-0.2, -0.15) is 0 Å². The highest BCUT2D eigenvalue weighted by molar-refractivity contribution is 9.10. The lowest BCUT2D eigenvalue weighted by atomic mass is 10.3. The molecule has 0 aromatic heterocycles. The number of hydrogen-bond donors (Lipinski definition) is 0. The van der Waals surface area contributed by atoms with Crippen LogP contribution in [-0.4, -0.2) is 11.9 Å². The van der Waals surface area contributed by atoms with Crippen molar-refractivity contribution >= 4 is 31.9 Å². The summed E-state index contributed by atoms with van der Waals surface area (Å²) in [5.74, 6) is -0.0673. The Labute approximate surface area is 87.2 Å². The Bertz CT molecular complexity index is 245. The van der Waals surface area contributed by atoms with Crippen LogP contribution in [0.5, 0.6) is 5.75 Å². The second-order valence-corrected chi connectivity index (χ2v) is 3.74. The van der Waals surface area contributed by atoms with E-state index in [1.165, 1.54) is 6.07 Å². The second kappa shape index (κ2) is 4.82. The monoisotopic (exact) mass is 296 g/mol. The van der Waals surface area contributed by atoms with Crippen molar-refractivity contribution in [3.63, 3.8) is 0 Å². The molecule has 1 nitrogen and oxygen atoms in total. The number of ether oxygens (including phenoxy) is 1. The van der Waals surface area contributed by atoms with Crippen molar-refractivity contribution in [2.24, 2.45) is 0 Å². The molecule has 1 aromatic rings. The Balaban J connectivity index is 2.81. The molecule has 0 radical (unpaired) electrons. The third-order valence-electron chi connectivity index (χ3n) is 1.24. The van der Waals surface area contributed by atoms with E-state index < -0.39 is 0 Å². The number of para-hydroxylation sites is 1. The topological polar surface area (TPSA) is 9.23 Å². The zero-order valence-electron chi connectivity index (χ0n) is 6.19. The number of rotatable bonds is 3. The van der Waals surface area contributed by atoms with E-state index >= 15 is 0 Å². The van der Waals surface area contributed by atoms with Gasteiger partial charge in [-0.05, 0) is 28.1 Å². The van der Waals surface area contributed by atoms with Gasteiger partial charge in [0, 0.05) is 5.33 Å². The molecule has 12 heavy (non-hydrogen) atoms. The molecule has 0 N–H and O–H groups in total. The van der Waals surface area contributed by atoms with Crippen molar-refractivity contribution in [3.05, 3.63) is 28.5 Å². The molecule has 0 atom stereocenters. The molecule has 0 fully saturated rings. The minimum atomic E-state index is -0.342. The third kappa shape index (κ3) is 2.45. The van der Waals surface area contributed by atoms with E-state index in [1.54, 1.807) is 12.1 Å². The molecule has 0 unspecified atom stereocenters. The van der Waals surface area contributed by atoms with Gasteiger partial charge in [-0.1, -0.05) is 22.0 Å². The maximum atomic E-state index is 13.0. The van der Waals surface area contributed by atoms with Gasteiger partial charge >= 0.3 is 0 Å². The number of halogens is 3. The van der Waals surface area contributed by atoms with E-state index in [-0.39, 0.29) is 11.6 Å².